The van der Waals surface area contributed by atoms with Gasteiger partial charge in [-0.05, 0) is 62.2 Å². The van der Waals surface area contributed by atoms with Gasteiger partial charge in [-0.3, -0.25) is 0 Å². The van der Waals surface area contributed by atoms with Crippen LogP contribution in [0.1, 0.15) is 24.0 Å². The molecule has 4 nitrogen and oxygen atoms in total. The molecule has 0 atom stereocenters. The van der Waals surface area contributed by atoms with E-state index in [-0.39, 0.29) is 0 Å². The van der Waals surface area contributed by atoms with Crippen LogP contribution in [0, 0.1) is 6.92 Å². The van der Waals surface area contributed by atoms with E-state index in [1.807, 2.05) is 12.4 Å². The number of hydrogen-bond donors (Lipinski definition) is 2. The number of aryl methyl sites for hydroxylation is 1. The first-order valence-electron chi connectivity index (χ1n) is 8.76. The fourth-order valence-electron chi connectivity index (χ4n) is 3.44. The van der Waals surface area contributed by atoms with E-state index in [2.05, 4.69) is 63.5 Å². The summed E-state index contributed by atoms with van der Waals surface area (Å²) in [7, 11) is 0. The van der Waals surface area contributed by atoms with Crippen molar-refractivity contribution in [3.8, 4) is 0 Å². The second-order valence-electron chi connectivity index (χ2n) is 6.68. The highest BCUT2D eigenvalue weighted by atomic mass is 15.0. The third-order valence-electron chi connectivity index (χ3n) is 4.88. The average molecular weight is 320 g/mol. The van der Waals surface area contributed by atoms with Crippen molar-refractivity contribution in [2.45, 2.75) is 32.4 Å². The standard InChI is InChI=1S/C20H24N4/c1-15-6-7-16(12-19(15)23-17-8-10-21-11-9-17)13-24-14-22-18-4-2-3-5-20(18)24/h2-7,12,14,17,21,23H,8-11,13H2,1H3. The summed E-state index contributed by atoms with van der Waals surface area (Å²) in [4.78, 5) is 4.49. The Morgan fingerprint density at radius 2 is 2.00 bits per heavy atom. The first-order valence-corrected chi connectivity index (χ1v) is 8.76. The van der Waals surface area contributed by atoms with Crippen LogP contribution in [0.25, 0.3) is 11.0 Å². The lowest BCUT2D eigenvalue weighted by molar-refractivity contribution is 0.479. The highest BCUT2D eigenvalue weighted by molar-refractivity contribution is 5.75. The highest BCUT2D eigenvalue weighted by Crippen LogP contribution is 2.22. The number of benzene rings is 2. The number of fused-ring (bicyclic) bond motifs is 1. The molecule has 4 heteroatoms. The Labute approximate surface area is 142 Å². The van der Waals surface area contributed by atoms with Crippen LogP contribution in [0.3, 0.4) is 0 Å². The molecule has 24 heavy (non-hydrogen) atoms. The maximum Gasteiger partial charge on any atom is 0.0961 e. The van der Waals surface area contributed by atoms with Crippen LogP contribution in [0.4, 0.5) is 5.69 Å². The number of imidazole rings is 1. The lowest BCUT2D eigenvalue weighted by atomic mass is 10.0. The third kappa shape index (κ3) is 3.15. The number of hydrogen-bond acceptors (Lipinski definition) is 3. The Balaban J connectivity index is 1.56. The number of nitrogens with zero attached hydrogens (tertiary/aromatic N) is 2. The second-order valence-corrected chi connectivity index (χ2v) is 6.68. The molecule has 0 unspecified atom stereocenters. The van der Waals surface area contributed by atoms with E-state index < -0.39 is 0 Å². The molecule has 0 saturated carbocycles. The summed E-state index contributed by atoms with van der Waals surface area (Å²) in [5.74, 6) is 0. The fraction of sp³-hybridized carbons (Fsp3) is 0.350. The van der Waals surface area contributed by atoms with Gasteiger partial charge in [0.15, 0.2) is 0 Å². The lowest BCUT2D eigenvalue weighted by Gasteiger charge is -2.25. The zero-order valence-electron chi connectivity index (χ0n) is 14.1. The molecule has 1 saturated heterocycles. The minimum Gasteiger partial charge on any atom is -0.382 e. The van der Waals surface area contributed by atoms with E-state index in [0.29, 0.717) is 6.04 Å². The van der Waals surface area contributed by atoms with Gasteiger partial charge in [0.1, 0.15) is 0 Å². The molecular weight excluding hydrogens is 296 g/mol. The normalized spacial score (nSPS) is 15.7. The van der Waals surface area contributed by atoms with Crippen molar-refractivity contribution in [3.63, 3.8) is 0 Å². The quantitative estimate of drug-likeness (QED) is 0.772. The topological polar surface area (TPSA) is 41.9 Å². The molecule has 0 amide bonds. The van der Waals surface area contributed by atoms with E-state index in [9.17, 15) is 0 Å². The summed E-state index contributed by atoms with van der Waals surface area (Å²) < 4.78 is 2.22. The Hall–Kier alpha value is -2.33. The molecule has 2 aromatic carbocycles. The Bertz CT molecular complexity index is 831. The molecule has 2 heterocycles. The number of aromatic nitrogens is 2. The smallest absolute Gasteiger partial charge is 0.0961 e. The Morgan fingerprint density at radius 3 is 2.88 bits per heavy atom. The summed E-state index contributed by atoms with van der Waals surface area (Å²) in [5.41, 5.74) is 6.13. The summed E-state index contributed by atoms with van der Waals surface area (Å²) in [6.45, 7) is 5.25. The van der Waals surface area contributed by atoms with Crippen LogP contribution in [-0.2, 0) is 6.54 Å². The molecule has 0 aliphatic carbocycles. The summed E-state index contributed by atoms with van der Waals surface area (Å²) in [6, 6.07) is 15.6. The van der Waals surface area contributed by atoms with Crippen molar-refractivity contribution in [1.29, 1.82) is 0 Å². The maximum atomic E-state index is 4.49. The molecular formula is C20H24N4. The van der Waals surface area contributed by atoms with Crippen molar-refractivity contribution in [2.75, 3.05) is 18.4 Å². The van der Waals surface area contributed by atoms with Gasteiger partial charge in [0.25, 0.3) is 0 Å². The van der Waals surface area contributed by atoms with Crippen LogP contribution in [0.15, 0.2) is 48.8 Å². The number of nitrogens with one attached hydrogen (secondary N) is 2. The lowest BCUT2D eigenvalue weighted by Crippen LogP contribution is -2.35. The van der Waals surface area contributed by atoms with Gasteiger partial charge in [0, 0.05) is 18.3 Å². The van der Waals surface area contributed by atoms with E-state index in [1.54, 1.807) is 0 Å². The molecule has 0 radical (unpaired) electrons. The average Bonchev–Trinajstić information content (AvgIpc) is 3.02. The van der Waals surface area contributed by atoms with E-state index in [1.165, 1.54) is 35.2 Å². The first-order chi connectivity index (χ1) is 11.8. The molecule has 1 aliphatic rings. The predicted octanol–water partition coefficient (Wildman–Crippen LogP) is 3.56. The SMILES string of the molecule is Cc1ccc(Cn2cnc3ccccc32)cc1NC1CCNCC1. The van der Waals surface area contributed by atoms with E-state index in [4.69, 9.17) is 0 Å². The minimum absolute atomic E-state index is 0.578. The summed E-state index contributed by atoms with van der Waals surface area (Å²) in [6.07, 6.45) is 4.32. The molecule has 1 fully saturated rings. The predicted molar refractivity (Wildman–Crippen MR) is 99.5 cm³/mol. The monoisotopic (exact) mass is 320 g/mol. The molecule has 1 aliphatic heterocycles. The number of piperidine rings is 1. The molecule has 0 bridgehead atoms. The van der Waals surface area contributed by atoms with Gasteiger partial charge in [-0.15, -0.1) is 0 Å². The number of anilines is 1. The maximum absolute atomic E-state index is 4.49. The minimum atomic E-state index is 0.578. The van der Waals surface area contributed by atoms with E-state index in [0.717, 1.165) is 25.2 Å². The molecule has 4 rings (SSSR count). The van der Waals surface area contributed by atoms with Gasteiger partial charge in [0.05, 0.1) is 17.4 Å². The Kier molecular flexibility index (Phi) is 4.22. The Morgan fingerprint density at radius 1 is 1.17 bits per heavy atom. The van der Waals surface area contributed by atoms with Crippen molar-refractivity contribution < 1.29 is 0 Å². The van der Waals surface area contributed by atoms with Crippen molar-refractivity contribution in [1.82, 2.24) is 14.9 Å². The van der Waals surface area contributed by atoms with Gasteiger partial charge >= 0.3 is 0 Å². The van der Waals surface area contributed by atoms with Crippen molar-refractivity contribution in [2.24, 2.45) is 0 Å². The largest absolute Gasteiger partial charge is 0.382 e. The summed E-state index contributed by atoms with van der Waals surface area (Å²) in [5, 5.41) is 7.16. The first kappa shape index (κ1) is 15.2. The fourth-order valence-corrected chi connectivity index (χ4v) is 3.44. The van der Waals surface area contributed by atoms with Crippen molar-refractivity contribution >= 4 is 16.7 Å². The molecule has 3 aromatic rings. The molecule has 2 N–H and O–H groups in total. The zero-order valence-corrected chi connectivity index (χ0v) is 14.1. The van der Waals surface area contributed by atoms with Gasteiger partial charge in [-0.2, -0.15) is 0 Å². The van der Waals surface area contributed by atoms with Gasteiger partial charge in [-0.1, -0.05) is 24.3 Å². The van der Waals surface area contributed by atoms with Crippen LogP contribution < -0.4 is 10.6 Å². The second kappa shape index (κ2) is 6.65. The number of rotatable bonds is 4. The third-order valence-corrected chi connectivity index (χ3v) is 4.88. The van der Waals surface area contributed by atoms with Gasteiger partial charge in [0.2, 0.25) is 0 Å². The van der Waals surface area contributed by atoms with Crippen LogP contribution in [-0.4, -0.2) is 28.7 Å². The van der Waals surface area contributed by atoms with Gasteiger partial charge < -0.3 is 15.2 Å². The number of para-hydroxylation sites is 2. The van der Waals surface area contributed by atoms with Crippen LogP contribution in [0.5, 0.6) is 0 Å². The molecule has 1 aromatic heterocycles. The van der Waals surface area contributed by atoms with Crippen LogP contribution in [0.2, 0.25) is 0 Å². The highest BCUT2D eigenvalue weighted by Gasteiger charge is 2.13. The van der Waals surface area contributed by atoms with Gasteiger partial charge in [-0.25, -0.2) is 4.98 Å². The zero-order chi connectivity index (χ0) is 16.4. The molecule has 124 valence electrons. The van der Waals surface area contributed by atoms with Crippen LogP contribution >= 0.6 is 0 Å². The van der Waals surface area contributed by atoms with Crippen molar-refractivity contribution in [3.05, 3.63) is 59.9 Å². The summed E-state index contributed by atoms with van der Waals surface area (Å²) >= 11 is 0. The van der Waals surface area contributed by atoms with E-state index >= 15 is 0 Å². The molecule has 0 spiro atoms.